The minimum Gasteiger partial charge on any atom is -0.364 e. The van der Waals surface area contributed by atoms with Crippen LogP contribution < -0.4 is 10.6 Å². The van der Waals surface area contributed by atoms with Gasteiger partial charge in [0.05, 0.1) is 0 Å². The van der Waals surface area contributed by atoms with Gasteiger partial charge in [-0.3, -0.25) is 0 Å². The molecule has 0 aromatic heterocycles. The number of nitrogens with zero attached hydrogens (tertiary/aromatic N) is 1. The van der Waals surface area contributed by atoms with Crippen LogP contribution in [-0.4, -0.2) is 18.6 Å². The van der Waals surface area contributed by atoms with Crippen LogP contribution in [0.1, 0.15) is 39.7 Å². The van der Waals surface area contributed by atoms with Gasteiger partial charge in [-0.2, -0.15) is 0 Å². The first kappa shape index (κ1) is 13.4. The molecule has 0 fully saturated rings. The van der Waals surface area contributed by atoms with E-state index in [2.05, 4.69) is 56.9 Å². The minimum atomic E-state index is 0.321. The number of para-hydroxylation sites is 1. The summed E-state index contributed by atoms with van der Waals surface area (Å²) in [6.45, 7) is 9.92. The third kappa shape index (κ3) is 2.69. The van der Waals surface area contributed by atoms with Crippen LogP contribution in [0, 0.1) is 5.41 Å². The van der Waals surface area contributed by atoms with Crippen molar-refractivity contribution in [3.05, 3.63) is 29.8 Å². The Hall–Kier alpha value is -1.02. The maximum Gasteiger partial charge on any atom is 0.0420 e. The van der Waals surface area contributed by atoms with Crippen molar-refractivity contribution >= 4 is 5.69 Å². The highest BCUT2D eigenvalue weighted by atomic mass is 15.2. The van der Waals surface area contributed by atoms with Gasteiger partial charge in [0.15, 0.2) is 0 Å². The quantitative estimate of drug-likeness (QED) is 0.887. The van der Waals surface area contributed by atoms with Gasteiger partial charge in [-0.25, -0.2) is 0 Å². The molecule has 2 unspecified atom stereocenters. The average molecular weight is 246 g/mol. The Morgan fingerprint density at radius 1 is 1.33 bits per heavy atom. The van der Waals surface area contributed by atoms with Crippen molar-refractivity contribution in [2.45, 2.75) is 52.6 Å². The molecule has 100 valence electrons. The van der Waals surface area contributed by atoms with E-state index in [1.54, 1.807) is 0 Å². The van der Waals surface area contributed by atoms with E-state index in [1.165, 1.54) is 11.3 Å². The molecule has 1 aromatic rings. The Morgan fingerprint density at radius 2 is 2.00 bits per heavy atom. The smallest absolute Gasteiger partial charge is 0.0420 e. The molecule has 2 rings (SSSR count). The minimum absolute atomic E-state index is 0.321. The lowest BCUT2D eigenvalue weighted by atomic mass is 9.87. The van der Waals surface area contributed by atoms with E-state index in [1.807, 2.05) is 0 Å². The first-order chi connectivity index (χ1) is 8.42. The summed E-state index contributed by atoms with van der Waals surface area (Å²) in [4.78, 5) is 2.54. The second-order valence-corrected chi connectivity index (χ2v) is 6.74. The molecule has 0 saturated carbocycles. The molecule has 2 nitrogen and oxygen atoms in total. The molecule has 0 saturated heterocycles. The van der Waals surface area contributed by atoms with E-state index in [9.17, 15) is 0 Å². The number of fused-ring (bicyclic) bond motifs is 1. The average Bonchev–Trinajstić information content (AvgIpc) is 2.61. The molecule has 18 heavy (non-hydrogen) atoms. The normalized spacial score (nSPS) is 20.9. The molecular formula is C16H26N2. The molecule has 2 atom stereocenters. The summed E-state index contributed by atoms with van der Waals surface area (Å²) in [5, 5.41) is 0. The number of hydrogen-bond acceptors (Lipinski definition) is 2. The van der Waals surface area contributed by atoms with Gasteiger partial charge in [0.2, 0.25) is 0 Å². The molecule has 0 radical (unpaired) electrons. The number of rotatable bonds is 3. The first-order valence-electron chi connectivity index (χ1n) is 6.98. The highest BCUT2D eigenvalue weighted by Crippen LogP contribution is 2.36. The summed E-state index contributed by atoms with van der Waals surface area (Å²) in [6, 6.07) is 9.77. The highest BCUT2D eigenvalue weighted by molar-refractivity contribution is 5.60. The Labute approximate surface area is 111 Å². The Bertz CT molecular complexity index is 406. The van der Waals surface area contributed by atoms with Gasteiger partial charge in [-0.15, -0.1) is 0 Å². The number of nitrogens with two attached hydrogens (primary N) is 1. The molecule has 0 bridgehead atoms. The van der Waals surface area contributed by atoms with Gasteiger partial charge >= 0.3 is 0 Å². The zero-order valence-corrected chi connectivity index (χ0v) is 12.1. The van der Waals surface area contributed by atoms with Gasteiger partial charge in [0.1, 0.15) is 0 Å². The van der Waals surface area contributed by atoms with Crippen LogP contribution in [0.3, 0.4) is 0 Å². The van der Waals surface area contributed by atoms with Gasteiger partial charge < -0.3 is 10.6 Å². The van der Waals surface area contributed by atoms with Gasteiger partial charge in [-0.1, -0.05) is 39.0 Å². The van der Waals surface area contributed by atoms with Gasteiger partial charge in [0, 0.05) is 24.3 Å². The fourth-order valence-corrected chi connectivity index (χ4v) is 3.15. The lowest BCUT2D eigenvalue weighted by Crippen LogP contribution is -2.45. The molecule has 0 spiro atoms. The fourth-order valence-electron chi connectivity index (χ4n) is 3.15. The van der Waals surface area contributed by atoms with Crippen LogP contribution in [0.25, 0.3) is 0 Å². The SMILES string of the molecule is CC1Cc2ccccc2N1C(CN)CC(C)(C)C. The predicted molar refractivity (Wildman–Crippen MR) is 79.0 cm³/mol. The largest absolute Gasteiger partial charge is 0.364 e. The Balaban J connectivity index is 2.26. The van der Waals surface area contributed by atoms with Crippen LogP contribution in [0.15, 0.2) is 24.3 Å². The van der Waals surface area contributed by atoms with Crippen molar-refractivity contribution in [3.63, 3.8) is 0 Å². The van der Waals surface area contributed by atoms with Crippen molar-refractivity contribution in [3.8, 4) is 0 Å². The second kappa shape index (κ2) is 4.93. The van der Waals surface area contributed by atoms with Gasteiger partial charge in [0.25, 0.3) is 0 Å². The Morgan fingerprint density at radius 3 is 2.61 bits per heavy atom. The number of hydrogen-bond donors (Lipinski definition) is 1. The number of benzene rings is 1. The van der Waals surface area contributed by atoms with Crippen LogP contribution in [0.2, 0.25) is 0 Å². The third-order valence-electron chi connectivity index (χ3n) is 3.77. The molecule has 1 aliphatic rings. The standard InChI is InChI=1S/C16H26N2/c1-12-9-13-7-5-6-8-15(13)18(12)14(11-17)10-16(2,3)4/h5-8,12,14H,9-11,17H2,1-4H3. The van der Waals surface area contributed by atoms with E-state index in [0.717, 1.165) is 19.4 Å². The molecular weight excluding hydrogens is 220 g/mol. The van der Waals surface area contributed by atoms with Crippen molar-refractivity contribution in [2.24, 2.45) is 11.1 Å². The van der Waals surface area contributed by atoms with Crippen molar-refractivity contribution < 1.29 is 0 Å². The van der Waals surface area contributed by atoms with E-state index in [0.29, 0.717) is 17.5 Å². The summed E-state index contributed by atoms with van der Waals surface area (Å²) < 4.78 is 0. The van der Waals surface area contributed by atoms with Crippen LogP contribution in [0.4, 0.5) is 5.69 Å². The molecule has 0 amide bonds. The summed E-state index contributed by atoms with van der Waals surface area (Å²) in [5.41, 5.74) is 9.22. The number of anilines is 1. The maximum atomic E-state index is 6.04. The predicted octanol–water partition coefficient (Wildman–Crippen LogP) is 3.20. The Kier molecular flexibility index (Phi) is 3.67. The second-order valence-electron chi connectivity index (χ2n) is 6.74. The van der Waals surface area contributed by atoms with Crippen LogP contribution in [-0.2, 0) is 6.42 Å². The maximum absolute atomic E-state index is 6.04. The summed E-state index contributed by atoms with van der Waals surface area (Å²) in [5.74, 6) is 0. The van der Waals surface area contributed by atoms with E-state index < -0.39 is 0 Å². The summed E-state index contributed by atoms with van der Waals surface area (Å²) in [6.07, 6.45) is 2.29. The molecule has 1 heterocycles. The first-order valence-corrected chi connectivity index (χ1v) is 6.98. The van der Waals surface area contributed by atoms with Gasteiger partial charge in [-0.05, 0) is 36.8 Å². The lowest BCUT2D eigenvalue weighted by Gasteiger charge is -2.37. The summed E-state index contributed by atoms with van der Waals surface area (Å²) in [7, 11) is 0. The molecule has 2 N–H and O–H groups in total. The zero-order valence-electron chi connectivity index (χ0n) is 12.1. The van der Waals surface area contributed by atoms with Crippen molar-refractivity contribution in [1.29, 1.82) is 0 Å². The highest BCUT2D eigenvalue weighted by Gasteiger charge is 2.32. The fraction of sp³-hybridized carbons (Fsp3) is 0.625. The lowest BCUT2D eigenvalue weighted by molar-refractivity contribution is 0.326. The van der Waals surface area contributed by atoms with Crippen LogP contribution in [0.5, 0.6) is 0 Å². The van der Waals surface area contributed by atoms with E-state index >= 15 is 0 Å². The van der Waals surface area contributed by atoms with E-state index in [4.69, 9.17) is 5.73 Å². The zero-order chi connectivity index (χ0) is 13.3. The van der Waals surface area contributed by atoms with Crippen molar-refractivity contribution in [2.75, 3.05) is 11.4 Å². The summed E-state index contributed by atoms with van der Waals surface area (Å²) >= 11 is 0. The topological polar surface area (TPSA) is 29.3 Å². The van der Waals surface area contributed by atoms with Crippen LogP contribution >= 0.6 is 0 Å². The monoisotopic (exact) mass is 246 g/mol. The molecule has 1 aliphatic heterocycles. The van der Waals surface area contributed by atoms with E-state index in [-0.39, 0.29) is 0 Å². The molecule has 2 heteroatoms. The molecule has 1 aromatic carbocycles. The molecule has 0 aliphatic carbocycles. The van der Waals surface area contributed by atoms with Crippen molar-refractivity contribution in [1.82, 2.24) is 0 Å². The third-order valence-corrected chi connectivity index (χ3v) is 3.77.